The first-order chi connectivity index (χ1) is 4.74. The standard InChI is InChI=1S/C8H11BrO/c9-8(5-10)4-6-1-2-7(8)3-6/h5-7H,1-4H2/t6-,7+,8-/m0/s1. The molecule has 0 amide bonds. The Morgan fingerprint density at radius 2 is 2.30 bits per heavy atom. The van der Waals surface area contributed by atoms with Gasteiger partial charge in [0.1, 0.15) is 6.29 Å². The van der Waals surface area contributed by atoms with E-state index in [0.29, 0.717) is 5.92 Å². The maximum Gasteiger partial charge on any atom is 0.136 e. The molecule has 2 aliphatic carbocycles. The molecule has 2 rings (SSSR count). The SMILES string of the molecule is O=C[C@@]1(Br)C[C@H]2CC[C@@H]1C2. The Kier molecular flexibility index (Phi) is 1.41. The van der Waals surface area contributed by atoms with Crippen LogP contribution < -0.4 is 0 Å². The molecule has 0 heterocycles. The second kappa shape index (κ2) is 2.07. The van der Waals surface area contributed by atoms with Gasteiger partial charge in [0.15, 0.2) is 0 Å². The van der Waals surface area contributed by atoms with E-state index < -0.39 is 0 Å². The number of carbonyl (C=O) groups is 1. The average molecular weight is 203 g/mol. The lowest BCUT2D eigenvalue weighted by molar-refractivity contribution is -0.110. The van der Waals surface area contributed by atoms with Crippen LogP contribution in [0.1, 0.15) is 25.7 Å². The molecule has 0 aromatic carbocycles. The minimum Gasteiger partial charge on any atom is -0.302 e. The van der Waals surface area contributed by atoms with Gasteiger partial charge in [-0.3, -0.25) is 0 Å². The Labute approximate surface area is 69.3 Å². The zero-order valence-electron chi connectivity index (χ0n) is 5.85. The van der Waals surface area contributed by atoms with Crippen LogP contribution in [0.3, 0.4) is 0 Å². The molecule has 1 nitrogen and oxygen atoms in total. The van der Waals surface area contributed by atoms with Gasteiger partial charge in [-0.2, -0.15) is 0 Å². The summed E-state index contributed by atoms with van der Waals surface area (Å²) < 4.78 is -0.115. The Morgan fingerprint density at radius 1 is 1.50 bits per heavy atom. The predicted molar refractivity (Wildman–Crippen MR) is 43.2 cm³/mol. The molecular formula is C8H11BrO. The van der Waals surface area contributed by atoms with Crippen molar-refractivity contribution in [3.8, 4) is 0 Å². The van der Waals surface area contributed by atoms with Crippen molar-refractivity contribution in [1.29, 1.82) is 0 Å². The highest BCUT2D eigenvalue weighted by Crippen LogP contribution is 2.53. The second-order valence-corrected chi connectivity index (χ2v) is 5.10. The summed E-state index contributed by atoms with van der Waals surface area (Å²) in [5, 5.41) is 0. The highest BCUT2D eigenvalue weighted by molar-refractivity contribution is 9.10. The molecule has 2 heteroatoms. The monoisotopic (exact) mass is 202 g/mol. The molecule has 10 heavy (non-hydrogen) atoms. The first kappa shape index (κ1) is 6.84. The first-order valence-electron chi connectivity index (χ1n) is 3.90. The van der Waals surface area contributed by atoms with Gasteiger partial charge in [0, 0.05) is 0 Å². The fourth-order valence-electron chi connectivity index (χ4n) is 2.45. The number of fused-ring (bicyclic) bond motifs is 2. The number of hydrogen-bond acceptors (Lipinski definition) is 1. The Morgan fingerprint density at radius 3 is 2.60 bits per heavy atom. The van der Waals surface area contributed by atoms with Crippen LogP contribution in [-0.4, -0.2) is 10.6 Å². The van der Waals surface area contributed by atoms with Crippen molar-refractivity contribution in [3.63, 3.8) is 0 Å². The van der Waals surface area contributed by atoms with E-state index in [9.17, 15) is 4.79 Å². The van der Waals surface area contributed by atoms with Gasteiger partial charge in [0.2, 0.25) is 0 Å². The summed E-state index contributed by atoms with van der Waals surface area (Å²) in [6.07, 6.45) is 6.09. The largest absolute Gasteiger partial charge is 0.302 e. The Balaban J connectivity index is 2.21. The lowest BCUT2D eigenvalue weighted by atomic mass is 9.90. The minimum absolute atomic E-state index is 0.115. The van der Waals surface area contributed by atoms with Crippen molar-refractivity contribution in [3.05, 3.63) is 0 Å². The molecule has 0 aromatic heterocycles. The molecule has 2 saturated carbocycles. The van der Waals surface area contributed by atoms with Gasteiger partial charge in [-0.15, -0.1) is 0 Å². The third kappa shape index (κ3) is 0.777. The van der Waals surface area contributed by atoms with Gasteiger partial charge in [-0.1, -0.05) is 22.4 Å². The number of aldehydes is 1. The molecule has 0 unspecified atom stereocenters. The van der Waals surface area contributed by atoms with Crippen LogP contribution in [0.5, 0.6) is 0 Å². The Bertz CT molecular complexity index is 169. The lowest BCUT2D eigenvalue weighted by Gasteiger charge is -2.25. The quantitative estimate of drug-likeness (QED) is 0.471. The van der Waals surface area contributed by atoms with Crippen LogP contribution in [0.2, 0.25) is 0 Å². The van der Waals surface area contributed by atoms with Gasteiger partial charge >= 0.3 is 0 Å². The number of halogens is 1. The van der Waals surface area contributed by atoms with Crippen molar-refractivity contribution in [2.45, 2.75) is 30.0 Å². The number of rotatable bonds is 1. The van der Waals surface area contributed by atoms with Crippen LogP contribution >= 0.6 is 15.9 Å². The number of alkyl halides is 1. The summed E-state index contributed by atoms with van der Waals surface area (Å²) in [7, 11) is 0. The normalized spacial score (nSPS) is 51.7. The van der Waals surface area contributed by atoms with Crippen LogP contribution in [0.15, 0.2) is 0 Å². The van der Waals surface area contributed by atoms with Gasteiger partial charge in [-0.25, -0.2) is 0 Å². The first-order valence-corrected chi connectivity index (χ1v) is 4.69. The van der Waals surface area contributed by atoms with E-state index in [4.69, 9.17) is 0 Å². The molecule has 2 bridgehead atoms. The van der Waals surface area contributed by atoms with E-state index in [-0.39, 0.29) is 4.32 Å². The second-order valence-electron chi connectivity index (χ2n) is 3.62. The highest BCUT2D eigenvalue weighted by atomic mass is 79.9. The fourth-order valence-corrected chi connectivity index (χ4v) is 3.32. The van der Waals surface area contributed by atoms with E-state index in [0.717, 1.165) is 18.6 Å². The van der Waals surface area contributed by atoms with Crippen LogP contribution in [0, 0.1) is 11.8 Å². The van der Waals surface area contributed by atoms with Crippen molar-refractivity contribution in [2.75, 3.05) is 0 Å². The molecule has 0 spiro atoms. The van der Waals surface area contributed by atoms with E-state index in [1.54, 1.807) is 0 Å². The molecule has 2 aliphatic rings. The third-order valence-electron chi connectivity index (χ3n) is 3.02. The van der Waals surface area contributed by atoms with Crippen LogP contribution in [0.25, 0.3) is 0 Å². The summed E-state index contributed by atoms with van der Waals surface area (Å²) in [6.45, 7) is 0. The predicted octanol–water partition coefficient (Wildman–Crippen LogP) is 2.14. The molecule has 2 fully saturated rings. The third-order valence-corrected chi connectivity index (χ3v) is 4.18. The fraction of sp³-hybridized carbons (Fsp3) is 0.875. The van der Waals surface area contributed by atoms with Gasteiger partial charge in [-0.05, 0) is 31.1 Å². The molecule has 3 atom stereocenters. The molecular weight excluding hydrogens is 192 g/mol. The maximum atomic E-state index is 10.7. The van der Waals surface area contributed by atoms with Gasteiger partial charge in [0.25, 0.3) is 0 Å². The number of hydrogen-bond donors (Lipinski definition) is 0. The minimum atomic E-state index is -0.115. The van der Waals surface area contributed by atoms with Crippen molar-refractivity contribution < 1.29 is 4.79 Å². The summed E-state index contributed by atoms with van der Waals surface area (Å²) in [6, 6.07) is 0. The van der Waals surface area contributed by atoms with Gasteiger partial charge < -0.3 is 4.79 Å². The summed E-state index contributed by atoms with van der Waals surface area (Å²) in [5.74, 6) is 1.49. The summed E-state index contributed by atoms with van der Waals surface area (Å²) in [4.78, 5) is 10.7. The van der Waals surface area contributed by atoms with Crippen LogP contribution in [0.4, 0.5) is 0 Å². The molecule has 0 saturated heterocycles. The highest BCUT2D eigenvalue weighted by Gasteiger charge is 2.49. The van der Waals surface area contributed by atoms with Crippen molar-refractivity contribution in [1.82, 2.24) is 0 Å². The van der Waals surface area contributed by atoms with E-state index in [1.165, 1.54) is 19.3 Å². The van der Waals surface area contributed by atoms with Gasteiger partial charge in [0.05, 0.1) is 4.32 Å². The average Bonchev–Trinajstić information content (AvgIpc) is 2.46. The number of carbonyl (C=O) groups excluding carboxylic acids is 1. The summed E-state index contributed by atoms with van der Waals surface area (Å²) in [5.41, 5.74) is 0. The maximum absolute atomic E-state index is 10.7. The van der Waals surface area contributed by atoms with Crippen molar-refractivity contribution in [2.24, 2.45) is 11.8 Å². The van der Waals surface area contributed by atoms with E-state index in [1.807, 2.05) is 0 Å². The smallest absolute Gasteiger partial charge is 0.136 e. The molecule has 0 aromatic rings. The van der Waals surface area contributed by atoms with E-state index >= 15 is 0 Å². The molecule has 0 radical (unpaired) electrons. The molecule has 56 valence electrons. The van der Waals surface area contributed by atoms with Crippen LogP contribution in [-0.2, 0) is 4.79 Å². The van der Waals surface area contributed by atoms with E-state index in [2.05, 4.69) is 15.9 Å². The Hall–Kier alpha value is 0.150. The van der Waals surface area contributed by atoms with Crippen molar-refractivity contribution >= 4 is 22.2 Å². The topological polar surface area (TPSA) is 17.1 Å². The zero-order chi connectivity index (χ0) is 7.19. The summed E-state index contributed by atoms with van der Waals surface area (Å²) >= 11 is 3.53. The lowest BCUT2D eigenvalue weighted by Crippen LogP contribution is -2.29. The zero-order valence-corrected chi connectivity index (χ0v) is 7.43. The molecule has 0 aliphatic heterocycles. The molecule has 0 N–H and O–H groups in total.